The van der Waals surface area contributed by atoms with Gasteiger partial charge in [-0.25, -0.2) is 4.79 Å². The van der Waals surface area contributed by atoms with Crippen LogP contribution >= 0.6 is 15.9 Å². The van der Waals surface area contributed by atoms with Gasteiger partial charge in [-0.3, -0.25) is 4.98 Å². The number of anilines is 1. The first-order valence-corrected chi connectivity index (χ1v) is 10.2. The fourth-order valence-corrected chi connectivity index (χ4v) is 4.05. The first-order chi connectivity index (χ1) is 13.5. The average molecular weight is 436 g/mol. The van der Waals surface area contributed by atoms with Crippen molar-refractivity contribution >= 4 is 27.6 Å². The molecular weight excluding hydrogens is 414 g/mol. The number of nitrogens with zero attached hydrogens (tertiary/aromatic N) is 1. The predicted octanol–water partition coefficient (Wildman–Crippen LogP) is 6.02. The predicted molar refractivity (Wildman–Crippen MR) is 116 cm³/mol. The van der Waals surface area contributed by atoms with E-state index in [-0.39, 0.29) is 11.6 Å². The van der Waals surface area contributed by atoms with Gasteiger partial charge in [0.25, 0.3) is 0 Å². The Labute approximate surface area is 173 Å². The third-order valence-corrected chi connectivity index (χ3v) is 5.80. The van der Waals surface area contributed by atoms with Gasteiger partial charge in [0.05, 0.1) is 5.54 Å². The molecular formula is C23H22BrN3O. The summed E-state index contributed by atoms with van der Waals surface area (Å²) in [5, 5.41) is 6.16. The zero-order valence-electron chi connectivity index (χ0n) is 15.7. The molecule has 142 valence electrons. The minimum Gasteiger partial charge on any atom is -0.328 e. The van der Waals surface area contributed by atoms with Crippen LogP contribution in [-0.4, -0.2) is 11.0 Å². The van der Waals surface area contributed by atoms with Crippen LogP contribution in [0.3, 0.4) is 0 Å². The lowest BCUT2D eigenvalue weighted by Gasteiger charge is -2.43. The van der Waals surface area contributed by atoms with Crippen LogP contribution in [0.1, 0.15) is 30.5 Å². The first-order valence-electron chi connectivity index (χ1n) is 9.42. The van der Waals surface area contributed by atoms with Crippen molar-refractivity contribution in [2.24, 2.45) is 0 Å². The van der Waals surface area contributed by atoms with Crippen LogP contribution in [-0.2, 0) is 5.54 Å². The number of amides is 2. The molecule has 1 fully saturated rings. The second-order valence-electron chi connectivity index (χ2n) is 7.29. The molecule has 0 saturated heterocycles. The molecule has 4 rings (SSSR count). The molecule has 0 radical (unpaired) electrons. The summed E-state index contributed by atoms with van der Waals surface area (Å²) < 4.78 is 1.03. The van der Waals surface area contributed by atoms with Gasteiger partial charge in [0.2, 0.25) is 0 Å². The molecule has 1 aromatic heterocycles. The summed E-state index contributed by atoms with van der Waals surface area (Å²) >= 11 is 3.53. The lowest BCUT2D eigenvalue weighted by atomic mass is 9.72. The van der Waals surface area contributed by atoms with Crippen molar-refractivity contribution in [1.82, 2.24) is 10.3 Å². The van der Waals surface area contributed by atoms with Crippen LogP contribution in [0.5, 0.6) is 0 Å². The molecule has 3 aromatic rings. The Morgan fingerprint density at radius 1 is 1.04 bits per heavy atom. The van der Waals surface area contributed by atoms with Crippen LogP contribution in [0, 0.1) is 6.92 Å². The van der Waals surface area contributed by atoms with E-state index in [9.17, 15) is 4.79 Å². The van der Waals surface area contributed by atoms with Crippen molar-refractivity contribution in [3.63, 3.8) is 0 Å². The van der Waals surface area contributed by atoms with Gasteiger partial charge in [0, 0.05) is 22.1 Å². The van der Waals surface area contributed by atoms with Crippen molar-refractivity contribution in [2.75, 3.05) is 5.32 Å². The van der Waals surface area contributed by atoms with Crippen LogP contribution in [0.25, 0.3) is 11.1 Å². The van der Waals surface area contributed by atoms with Gasteiger partial charge in [0.15, 0.2) is 0 Å². The summed E-state index contributed by atoms with van der Waals surface area (Å²) in [6, 6.07) is 19.9. The Morgan fingerprint density at radius 2 is 1.82 bits per heavy atom. The molecule has 0 aliphatic heterocycles. The number of nitrogens with one attached hydrogen (secondary N) is 2. The number of aryl methyl sites for hydroxylation is 1. The molecule has 4 nitrogen and oxygen atoms in total. The van der Waals surface area contributed by atoms with E-state index in [0.717, 1.165) is 51.8 Å². The van der Waals surface area contributed by atoms with E-state index in [2.05, 4.69) is 43.7 Å². The van der Waals surface area contributed by atoms with E-state index in [1.54, 1.807) is 0 Å². The number of urea groups is 1. The minimum absolute atomic E-state index is 0.174. The van der Waals surface area contributed by atoms with E-state index in [1.807, 2.05) is 61.7 Å². The van der Waals surface area contributed by atoms with Gasteiger partial charge in [0.1, 0.15) is 0 Å². The lowest BCUT2D eigenvalue weighted by Crippen LogP contribution is -2.52. The molecule has 1 aliphatic carbocycles. The zero-order chi connectivity index (χ0) is 19.6. The molecule has 1 heterocycles. The summed E-state index contributed by atoms with van der Waals surface area (Å²) in [5.74, 6) is 0. The summed E-state index contributed by atoms with van der Waals surface area (Å²) in [5.41, 5.74) is 4.84. The fourth-order valence-electron chi connectivity index (χ4n) is 3.65. The molecule has 2 N–H and O–H groups in total. The molecule has 5 heteroatoms. The van der Waals surface area contributed by atoms with Crippen LogP contribution in [0.4, 0.5) is 10.5 Å². The van der Waals surface area contributed by atoms with Crippen molar-refractivity contribution in [2.45, 2.75) is 31.7 Å². The van der Waals surface area contributed by atoms with Crippen LogP contribution in [0.15, 0.2) is 71.3 Å². The first kappa shape index (κ1) is 18.7. The number of aromatic nitrogens is 1. The minimum atomic E-state index is -0.275. The largest absolute Gasteiger partial charge is 0.328 e. The summed E-state index contributed by atoms with van der Waals surface area (Å²) in [7, 11) is 0. The Balaban J connectivity index is 1.45. The molecule has 1 aliphatic rings. The number of pyridine rings is 1. The van der Waals surface area contributed by atoms with E-state index in [4.69, 9.17) is 0 Å². The summed E-state index contributed by atoms with van der Waals surface area (Å²) in [6.45, 7) is 1.98. The van der Waals surface area contributed by atoms with Crippen LogP contribution < -0.4 is 10.6 Å². The van der Waals surface area contributed by atoms with E-state index in [1.165, 1.54) is 0 Å². The maximum atomic E-state index is 12.6. The summed E-state index contributed by atoms with van der Waals surface area (Å²) in [6.07, 6.45) is 4.84. The molecule has 2 amide bonds. The molecule has 0 bridgehead atoms. The summed E-state index contributed by atoms with van der Waals surface area (Å²) in [4.78, 5) is 16.9. The second-order valence-corrected chi connectivity index (χ2v) is 8.20. The highest BCUT2D eigenvalue weighted by molar-refractivity contribution is 9.10. The average Bonchev–Trinajstić information content (AvgIpc) is 2.65. The third kappa shape index (κ3) is 3.94. The Morgan fingerprint density at radius 3 is 2.46 bits per heavy atom. The number of benzene rings is 2. The van der Waals surface area contributed by atoms with Gasteiger partial charge < -0.3 is 10.6 Å². The third-order valence-electron chi connectivity index (χ3n) is 5.31. The van der Waals surface area contributed by atoms with Gasteiger partial charge in [-0.1, -0.05) is 40.2 Å². The Bertz CT molecular complexity index is 997. The topological polar surface area (TPSA) is 54.0 Å². The van der Waals surface area contributed by atoms with Gasteiger partial charge in [-0.2, -0.15) is 0 Å². The van der Waals surface area contributed by atoms with Crippen molar-refractivity contribution in [1.29, 1.82) is 0 Å². The number of carbonyl (C=O) groups excluding carboxylic acids is 1. The number of hydrogen-bond acceptors (Lipinski definition) is 2. The number of rotatable bonds is 4. The maximum Gasteiger partial charge on any atom is 0.319 e. The molecule has 0 spiro atoms. The zero-order valence-corrected chi connectivity index (χ0v) is 17.3. The van der Waals surface area contributed by atoms with Crippen molar-refractivity contribution < 1.29 is 4.79 Å². The Hall–Kier alpha value is -2.66. The van der Waals surface area contributed by atoms with E-state index >= 15 is 0 Å². The quantitative estimate of drug-likeness (QED) is 0.526. The van der Waals surface area contributed by atoms with E-state index in [0.29, 0.717) is 0 Å². The normalized spacial score (nSPS) is 14.8. The number of hydrogen-bond donors (Lipinski definition) is 2. The molecule has 1 saturated carbocycles. The highest BCUT2D eigenvalue weighted by Gasteiger charge is 2.40. The van der Waals surface area contributed by atoms with Crippen LogP contribution in [0.2, 0.25) is 0 Å². The molecule has 2 aromatic carbocycles. The smallest absolute Gasteiger partial charge is 0.319 e. The Kier molecular flexibility index (Phi) is 5.18. The molecule has 28 heavy (non-hydrogen) atoms. The fraction of sp³-hybridized carbons (Fsp3) is 0.217. The maximum absolute atomic E-state index is 12.6. The molecule has 0 unspecified atom stereocenters. The standard InChI is InChI=1S/C23H22BrN3O/c1-16-14-18(10-13-25-16)17-6-8-21(9-7-17)26-22(28)27-23(11-3-12-23)19-4-2-5-20(24)15-19/h2,4-10,13-15H,3,11-12H2,1H3,(H2,26,27,28). The monoisotopic (exact) mass is 435 g/mol. The van der Waals surface area contributed by atoms with Gasteiger partial charge in [-0.15, -0.1) is 0 Å². The highest BCUT2D eigenvalue weighted by Crippen LogP contribution is 2.42. The second kappa shape index (κ2) is 7.76. The molecule has 0 atom stereocenters. The van der Waals surface area contributed by atoms with Crippen molar-refractivity contribution in [3.05, 3.63) is 82.6 Å². The number of halogens is 1. The SMILES string of the molecule is Cc1cc(-c2ccc(NC(=O)NC3(c4cccc(Br)c4)CCC3)cc2)ccn1. The lowest BCUT2D eigenvalue weighted by molar-refractivity contribution is 0.185. The van der Waals surface area contributed by atoms with Gasteiger partial charge in [-0.05, 0) is 79.3 Å². The van der Waals surface area contributed by atoms with Gasteiger partial charge >= 0.3 is 6.03 Å². The van der Waals surface area contributed by atoms with E-state index < -0.39 is 0 Å². The number of carbonyl (C=O) groups is 1. The highest BCUT2D eigenvalue weighted by atomic mass is 79.9. The van der Waals surface area contributed by atoms with Crippen molar-refractivity contribution in [3.8, 4) is 11.1 Å².